The van der Waals surface area contributed by atoms with Gasteiger partial charge in [-0.2, -0.15) is 0 Å². The lowest BCUT2D eigenvalue weighted by Crippen LogP contribution is -2.52. The summed E-state index contributed by atoms with van der Waals surface area (Å²) in [6.07, 6.45) is 6.98. The van der Waals surface area contributed by atoms with Crippen molar-refractivity contribution in [3.05, 3.63) is 16.8 Å². The lowest BCUT2D eigenvalue weighted by molar-refractivity contribution is -0.137. The molecule has 0 bridgehead atoms. The number of rotatable bonds is 6. The molecule has 2 aromatic heterocycles. The molecule has 2 N–H and O–H groups in total. The molecular weight excluding hydrogens is 442 g/mol. The van der Waals surface area contributed by atoms with Crippen LogP contribution in [0.1, 0.15) is 89.0 Å². The maximum Gasteiger partial charge on any atom is 0.408 e. The van der Waals surface area contributed by atoms with E-state index in [0.29, 0.717) is 5.88 Å². The Morgan fingerprint density at radius 3 is 2.61 bits per heavy atom. The molecule has 1 amide bonds. The van der Waals surface area contributed by atoms with Crippen LogP contribution < -0.4 is 10.1 Å². The van der Waals surface area contributed by atoms with Crippen LogP contribution in [0.15, 0.2) is 6.33 Å². The van der Waals surface area contributed by atoms with E-state index in [1.165, 1.54) is 11.2 Å². The molecule has 2 aromatic rings. The Hall–Kier alpha value is -2.42. The zero-order chi connectivity index (χ0) is 23.8. The Morgan fingerprint density at radius 2 is 1.97 bits per heavy atom. The maximum atomic E-state index is 12.4. The van der Waals surface area contributed by atoms with Gasteiger partial charge in [0.1, 0.15) is 22.9 Å². The van der Waals surface area contributed by atoms with Crippen LogP contribution in [-0.2, 0) is 16.0 Å². The van der Waals surface area contributed by atoms with Crippen molar-refractivity contribution in [3.8, 4) is 5.88 Å². The smallest absolute Gasteiger partial charge is 0.408 e. The van der Waals surface area contributed by atoms with Crippen LogP contribution in [-0.4, -0.2) is 44.4 Å². The maximum absolute atomic E-state index is 12.4. The van der Waals surface area contributed by atoms with Gasteiger partial charge in [-0.15, -0.1) is 11.3 Å². The lowest BCUT2D eigenvalue weighted by Gasteiger charge is -2.40. The van der Waals surface area contributed by atoms with Crippen molar-refractivity contribution in [2.75, 3.05) is 0 Å². The summed E-state index contributed by atoms with van der Waals surface area (Å²) in [5.74, 6) is -0.243. The largest absolute Gasteiger partial charge is 0.481 e. The highest BCUT2D eigenvalue weighted by Gasteiger charge is 2.38. The Labute approximate surface area is 198 Å². The number of nitrogens with zero attached hydrogens (tertiary/aromatic N) is 2. The molecule has 1 atom stereocenters. The van der Waals surface area contributed by atoms with Crippen LogP contribution in [0.25, 0.3) is 10.2 Å². The number of amides is 1. The summed E-state index contributed by atoms with van der Waals surface area (Å²) in [7, 11) is 0. The third-order valence-corrected chi connectivity index (χ3v) is 7.90. The number of carboxylic acid groups (broad SMARTS) is 1. The molecule has 0 radical (unpaired) electrons. The molecule has 0 aliphatic heterocycles. The van der Waals surface area contributed by atoms with E-state index in [2.05, 4.69) is 22.2 Å². The van der Waals surface area contributed by atoms with Crippen LogP contribution in [0.3, 0.4) is 0 Å². The number of alkyl carbamates (subject to hydrolysis) is 1. The Morgan fingerprint density at radius 1 is 1.24 bits per heavy atom. The minimum absolute atomic E-state index is 0.0157. The van der Waals surface area contributed by atoms with Crippen molar-refractivity contribution in [1.29, 1.82) is 0 Å². The van der Waals surface area contributed by atoms with Crippen molar-refractivity contribution < 1.29 is 24.2 Å². The number of carbonyl (C=O) groups is 2. The van der Waals surface area contributed by atoms with Crippen molar-refractivity contribution >= 4 is 33.6 Å². The fraction of sp³-hybridized carbons (Fsp3) is 0.667. The summed E-state index contributed by atoms with van der Waals surface area (Å²) >= 11 is 1.62. The quantitative estimate of drug-likeness (QED) is 0.591. The van der Waals surface area contributed by atoms with Gasteiger partial charge in [0.25, 0.3) is 0 Å². The highest BCUT2D eigenvalue weighted by molar-refractivity contribution is 7.19. The molecule has 4 rings (SSSR count). The highest BCUT2D eigenvalue weighted by atomic mass is 32.1. The van der Waals surface area contributed by atoms with E-state index in [-0.39, 0.29) is 30.1 Å². The van der Waals surface area contributed by atoms with E-state index in [1.807, 2.05) is 20.8 Å². The van der Waals surface area contributed by atoms with E-state index in [1.54, 1.807) is 11.3 Å². The van der Waals surface area contributed by atoms with Gasteiger partial charge >= 0.3 is 12.1 Å². The molecule has 180 valence electrons. The Balaban J connectivity index is 1.47. The van der Waals surface area contributed by atoms with Gasteiger partial charge < -0.3 is 19.9 Å². The Kier molecular flexibility index (Phi) is 6.53. The number of thiophene rings is 1. The van der Waals surface area contributed by atoms with Crippen molar-refractivity contribution in [2.45, 2.75) is 102 Å². The molecule has 0 aromatic carbocycles. The monoisotopic (exact) mass is 475 g/mol. The first-order valence-corrected chi connectivity index (χ1v) is 12.6. The number of aryl methyl sites for hydroxylation is 1. The molecule has 2 heterocycles. The number of hydrogen-bond donors (Lipinski definition) is 2. The summed E-state index contributed by atoms with van der Waals surface area (Å²) in [6, 6.07) is 0. The first kappa shape index (κ1) is 23.7. The third kappa shape index (κ3) is 5.23. The second-order valence-corrected chi connectivity index (χ2v) is 11.3. The molecule has 0 spiro atoms. The summed E-state index contributed by atoms with van der Waals surface area (Å²) in [6.45, 7) is 7.67. The summed E-state index contributed by atoms with van der Waals surface area (Å²) in [5.41, 5.74) is 0.245. The molecule has 8 nitrogen and oxygen atoms in total. The fourth-order valence-corrected chi connectivity index (χ4v) is 6.28. The Bertz CT molecular complexity index is 1040. The zero-order valence-corrected chi connectivity index (χ0v) is 20.6. The molecule has 0 unspecified atom stereocenters. The van der Waals surface area contributed by atoms with Gasteiger partial charge in [0, 0.05) is 10.4 Å². The van der Waals surface area contributed by atoms with Crippen LogP contribution in [0, 0.1) is 0 Å². The normalized spacial score (nSPS) is 25.0. The average molecular weight is 476 g/mol. The summed E-state index contributed by atoms with van der Waals surface area (Å²) in [5, 5.41) is 13.3. The van der Waals surface area contributed by atoms with Gasteiger partial charge in [-0.3, -0.25) is 4.79 Å². The van der Waals surface area contributed by atoms with Crippen molar-refractivity contribution in [1.82, 2.24) is 15.3 Å². The number of aliphatic carboxylic acids is 1. The molecule has 33 heavy (non-hydrogen) atoms. The number of carbonyl (C=O) groups excluding carboxylic acids is 1. The van der Waals surface area contributed by atoms with Gasteiger partial charge in [0.15, 0.2) is 0 Å². The number of ether oxygens (including phenoxy) is 2. The topological polar surface area (TPSA) is 111 Å². The summed E-state index contributed by atoms with van der Waals surface area (Å²) in [4.78, 5) is 34.7. The van der Waals surface area contributed by atoms with E-state index in [9.17, 15) is 14.7 Å². The average Bonchev–Trinajstić information content (AvgIpc) is 3.28. The molecule has 1 fully saturated rings. The predicted molar refractivity (Wildman–Crippen MR) is 126 cm³/mol. The fourth-order valence-electron chi connectivity index (χ4n) is 5.05. The van der Waals surface area contributed by atoms with E-state index in [0.717, 1.165) is 60.7 Å². The summed E-state index contributed by atoms with van der Waals surface area (Å²) < 4.78 is 11.9. The van der Waals surface area contributed by atoms with Gasteiger partial charge in [-0.25, -0.2) is 14.8 Å². The van der Waals surface area contributed by atoms with Crippen LogP contribution >= 0.6 is 11.3 Å². The number of aromatic nitrogens is 2. The van der Waals surface area contributed by atoms with Gasteiger partial charge in [-0.05, 0) is 77.2 Å². The first-order chi connectivity index (χ1) is 15.6. The van der Waals surface area contributed by atoms with E-state index < -0.39 is 11.6 Å². The number of fused-ring (bicyclic) bond motifs is 3. The van der Waals surface area contributed by atoms with Gasteiger partial charge in [0.2, 0.25) is 5.88 Å². The highest BCUT2D eigenvalue weighted by Crippen LogP contribution is 2.47. The van der Waals surface area contributed by atoms with E-state index in [4.69, 9.17) is 9.47 Å². The lowest BCUT2D eigenvalue weighted by atomic mass is 9.78. The molecule has 2 aliphatic rings. The second-order valence-electron chi connectivity index (χ2n) is 10.2. The SMILES string of the molecule is CC[C@]1(NC(=O)OC(C)(C)C)CC[C@H](Oc2ncnc3sc4c(c23)[C@@H](CC(=O)O)CC4)CC1. The minimum Gasteiger partial charge on any atom is -0.481 e. The molecule has 0 saturated heterocycles. The molecule has 2 aliphatic carbocycles. The van der Waals surface area contributed by atoms with Crippen molar-refractivity contribution in [2.24, 2.45) is 0 Å². The number of nitrogens with one attached hydrogen (secondary N) is 1. The molecule has 9 heteroatoms. The minimum atomic E-state index is -0.785. The standard InChI is InChI=1S/C24H33N3O5S/c1-5-24(27-22(30)32-23(2,3)4)10-8-15(9-11-24)31-20-19-18-14(12-17(28)29)6-7-16(18)33-21(19)26-13-25-20/h13-15H,5-12H2,1-4H3,(H,27,30)(H,28,29)/t14-,15-,24-/m1/s1. The van der Waals surface area contributed by atoms with Crippen LogP contribution in [0.2, 0.25) is 0 Å². The zero-order valence-electron chi connectivity index (χ0n) is 19.8. The van der Waals surface area contributed by atoms with E-state index >= 15 is 0 Å². The van der Waals surface area contributed by atoms with Gasteiger partial charge in [-0.1, -0.05) is 6.92 Å². The first-order valence-electron chi connectivity index (χ1n) is 11.7. The van der Waals surface area contributed by atoms with Gasteiger partial charge in [0.05, 0.1) is 11.8 Å². The second kappa shape index (κ2) is 9.08. The number of carboxylic acids is 1. The van der Waals surface area contributed by atoms with Crippen molar-refractivity contribution in [3.63, 3.8) is 0 Å². The van der Waals surface area contributed by atoms with Crippen LogP contribution in [0.5, 0.6) is 5.88 Å². The number of hydrogen-bond acceptors (Lipinski definition) is 7. The molecular formula is C24H33N3O5S. The van der Waals surface area contributed by atoms with Crippen LogP contribution in [0.4, 0.5) is 4.79 Å². The predicted octanol–water partition coefficient (Wildman–Crippen LogP) is 5.19. The third-order valence-electron chi connectivity index (χ3n) is 6.73. The molecule has 1 saturated carbocycles.